The number of rotatable bonds is 4. The van der Waals surface area contributed by atoms with Gasteiger partial charge >= 0.3 is 24.3 Å². The number of pyridine rings is 1. The van der Waals surface area contributed by atoms with Gasteiger partial charge in [0.05, 0.1) is 6.54 Å². The van der Waals surface area contributed by atoms with Gasteiger partial charge in [0.25, 0.3) is 11.8 Å². The number of ether oxygens (including phenoxy) is 1. The lowest BCUT2D eigenvalue weighted by molar-refractivity contribution is -0.193. The van der Waals surface area contributed by atoms with Crippen molar-refractivity contribution < 1.29 is 60.5 Å². The Balaban J connectivity index is 0.000000384. The van der Waals surface area contributed by atoms with Crippen LogP contribution in [0.25, 0.3) is 0 Å². The zero-order chi connectivity index (χ0) is 32.6. The third kappa shape index (κ3) is 9.93. The van der Waals surface area contributed by atoms with Crippen LogP contribution >= 0.6 is 0 Å². The summed E-state index contributed by atoms with van der Waals surface area (Å²) in [5.41, 5.74) is -0.205. The van der Waals surface area contributed by atoms with Crippen LogP contribution in [0.3, 0.4) is 0 Å². The van der Waals surface area contributed by atoms with Crippen molar-refractivity contribution in [2.45, 2.75) is 57.3 Å². The Morgan fingerprint density at radius 2 is 1.56 bits per heavy atom. The average Bonchev–Trinajstić information content (AvgIpc) is 3.42. The molecule has 18 heteroatoms. The Bertz CT molecular complexity index is 1240. The number of carboxylic acid groups (broad SMARTS) is 2. The summed E-state index contributed by atoms with van der Waals surface area (Å²) in [5.74, 6) is -4.47. The van der Waals surface area contributed by atoms with Crippen LogP contribution in [-0.2, 0) is 31.3 Å². The minimum absolute atomic E-state index is 0.0779. The van der Waals surface area contributed by atoms with Crippen LogP contribution < -0.4 is 5.32 Å². The number of nitrogens with one attached hydrogen (secondary N) is 1. The van der Waals surface area contributed by atoms with E-state index < -0.39 is 36.0 Å². The van der Waals surface area contributed by atoms with Crippen LogP contribution in [0, 0.1) is 5.92 Å². The molecule has 2 aliphatic rings. The van der Waals surface area contributed by atoms with E-state index in [2.05, 4.69) is 29.1 Å². The predicted molar refractivity (Wildman–Crippen MR) is 133 cm³/mol. The number of aliphatic carboxylic acids is 2. The normalized spacial score (nSPS) is 17.5. The molecular weight excluding hydrogens is 596 g/mol. The molecule has 1 saturated heterocycles. The lowest BCUT2D eigenvalue weighted by Gasteiger charge is -2.45. The molecule has 2 aromatic heterocycles. The largest absolute Gasteiger partial charge is 0.490 e. The van der Waals surface area contributed by atoms with Crippen molar-refractivity contribution in [1.29, 1.82) is 0 Å². The first-order valence-corrected chi connectivity index (χ1v) is 12.6. The number of carbonyl (C=O) groups is 4. The average molecular weight is 626 g/mol. The molecule has 0 aliphatic carbocycles. The molecule has 43 heavy (non-hydrogen) atoms. The van der Waals surface area contributed by atoms with Gasteiger partial charge in [-0.15, -0.1) is 0 Å². The number of amides is 2. The van der Waals surface area contributed by atoms with E-state index >= 15 is 0 Å². The third-order valence-corrected chi connectivity index (χ3v) is 6.06. The van der Waals surface area contributed by atoms with Gasteiger partial charge in [0, 0.05) is 51.1 Å². The monoisotopic (exact) mass is 625 g/mol. The first-order valence-electron chi connectivity index (χ1n) is 12.6. The maximum absolute atomic E-state index is 12.7. The fraction of sp³-hybridized carbons (Fsp3) is 0.520. The van der Waals surface area contributed by atoms with Crippen LogP contribution in [0.1, 0.15) is 43.0 Å². The summed E-state index contributed by atoms with van der Waals surface area (Å²) in [6, 6.07) is 5.33. The van der Waals surface area contributed by atoms with Crippen molar-refractivity contribution in [3.63, 3.8) is 0 Å². The fourth-order valence-corrected chi connectivity index (χ4v) is 4.02. The zero-order valence-electron chi connectivity index (χ0n) is 22.9. The number of nitrogens with zero attached hydrogens (tertiary/aromatic N) is 4. The Hall–Kier alpha value is -4.22. The molecule has 12 nitrogen and oxygen atoms in total. The number of likely N-dealkylation sites (tertiary alicyclic amines) is 1. The SMILES string of the molecule is CC(C)CNC(=O)C1Cn2ccnc2C2(CCN(C(=O)c3ccccn3)CC2)O1.O=C(O)C(F)(F)F.O=C(O)C(F)(F)F. The zero-order valence-corrected chi connectivity index (χ0v) is 22.9. The lowest BCUT2D eigenvalue weighted by Crippen LogP contribution is -2.55. The van der Waals surface area contributed by atoms with Crippen molar-refractivity contribution in [2.75, 3.05) is 19.6 Å². The topological polar surface area (TPSA) is 164 Å². The number of imidazole rings is 1. The van der Waals surface area contributed by atoms with Crippen molar-refractivity contribution >= 4 is 23.8 Å². The minimum atomic E-state index is -5.08. The highest BCUT2D eigenvalue weighted by Gasteiger charge is 2.47. The van der Waals surface area contributed by atoms with E-state index in [1.165, 1.54) is 0 Å². The van der Waals surface area contributed by atoms with Gasteiger partial charge in [0.2, 0.25) is 0 Å². The van der Waals surface area contributed by atoms with Crippen molar-refractivity contribution in [1.82, 2.24) is 24.8 Å². The first-order chi connectivity index (χ1) is 19.9. The third-order valence-electron chi connectivity index (χ3n) is 6.06. The van der Waals surface area contributed by atoms with E-state index in [0.29, 0.717) is 50.6 Å². The Kier molecular flexibility index (Phi) is 11.6. The number of hydrogen-bond donors (Lipinski definition) is 3. The van der Waals surface area contributed by atoms with Crippen LogP contribution in [-0.4, -0.2) is 91.5 Å². The summed E-state index contributed by atoms with van der Waals surface area (Å²) in [5, 5.41) is 17.2. The molecule has 238 valence electrons. The van der Waals surface area contributed by atoms with Crippen LogP contribution in [0.15, 0.2) is 36.8 Å². The van der Waals surface area contributed by atoms with Gasteiger partial charge in [0.15, 0.2) is 6.10 Å². The number of aromatic nitrogens is 3. The van der Waals surface area contributed by atoms with Gasteiger partial charge in [-0.1, -0.05) is 19.9 Å². The molecule has 4 rings (SSSR count). The van der Waals surface area contributed by atoms with E-state index in [4.69, 9.17) is 24.5 Å². The molecule has 0 saturated carbocycles. The second kappa shape index (κ2) is 14.3. The second-order valence-electron chi connectivity index (χ2n) is 9.76. The lowest BCUT2D eigenvalue weighted by atomic mass is 9.88. The van der Waals surface area contributed by atoms with Crippen molar-refractivity contribution in [3.05, 3.63) is 48.3 Å². The molecule has 0 aromatic carbocycles. The highest BCUT2D eigenvalue weighted by Crippen LogP contribution is 2.40. The molecule has 2 amide bonds. The standard InChI is InChI=1S/C21H27N5O3.2C2HF3O2/c1-15(2)13-24-18(27)17-14-26-12-9-23-20(26)21(29-17)6-10-25(11-7-21)19(28)16-5-3-4-8-22-16;2*3-2(4,5)1(6)7/h3-5,8-9,12,15,17H,6-7,10-11,13-14H2,1-2H3,(H,24,27);2*(H,6,7). The van der Waals surface area contributed by atoms with Crippen LogP contribution in [0.2, 0.25) is 0 Å². The molecule has 1 spiro atoms. The number of piperidine rings is 1. The number of fused-ring (bicyclic) bond motifs is 2. The van der Waals surface area contributed by atoms with Gasteiger partial charge in [-0.3, -0.25) is 14.6 Å². The fourth-order valence-electron chi connectivity index (χ4n) is 4.02. The highest BCUT2D eigenvalue weighted by atomic mass is 19.4. The van der Waals surface area contributed by atoms with Gasteiger partial charge in [-0.05, 0) is 18.1 Å². The summed E-state index contributed by atoms with van der Waals surface area (Å²) in [6.07, 6.45) is -4.27. The van der Waals surface area contributed by atoms with Crippen molar-refractivity contribution in [2.24, 2.45) is 5.92 Å². The minimum Gasteiger partial charge on any atom is -0.475 e. The van der Waals surface area contributed by atoms with E-state index in [1.807, 2.05) is 16.8 Å². The molecule has 0 bridgehead atoms. The number of halogens is 6. The number of carbonyl (C=O) groups excluding carboxylic acids is 2. The number of carboxylic acids is 2. The summed E-state index contributed by atoms with van der Waals surface area (Å²) >= 11 is 0. The summed E-state index contributed by atoms with van der Waals surface area (Å²) in [4.78, 5) is 53.7. The smallest absolute Gasteiger partial charge is 0.475 e. The van der Waals surface area contributed by atoms with Crippen LogP contribution in [0.5, 0.6) is 0 Å². The quantitative estimate of drug-likeness (QED) is 0.434. The number of hydrogen-bond acceptors (Lipinski definition) is 7. The summed E-state index contributed by atoms with van der Waals surface area (Å²) in [7, 11) is 0. The number of alkyl halides is 6. The maximum Gasteiger partial charge on any atom is 0.490 e. The summed E-state index contributed by atoms with van der Waals surface area (Å²) in [6.45, 7) is 6.26. The first kappa shape index (κ1) is 35.0. The summed E-state index contributed by atoms with van der Waals surface area (Å²) < 4.78 is 71.9. The Morgan fingerprint density at radius 3 is 2.02 bits per heavy atom. The molecule has 3 N–H and O–H groups in total. The van der Waals surface area contributed by atoms with E-state index in [0.717, 1.165) is 5.82 Å². The Morgan fingerprint density at radius 1 is 1.00 bits per heavy atom. The Labute approximate surface area is 240 Å². The predicted octanol–water partition coefficient (Wildman–Crippen LogP) is 2.85. The molecule has 4 heterocycles. The molecule has 2 aliphatic heterocycles. The van der Waals surface area contributed by atoms with Gasteiger partial charge in [-0.25, -0.2) is 14.6 Å². The van der Waals surface area contributed by atoms with Gasteiger partial charge in [0.1, 0.15) is 17.1 Å². The molecule has 1 unspecified atom stereocenters. The van der Waals surface area contributed by atoms with E-state index in [9.17, 15) is 35.9 Å². The molecule has 2 aromatic rings. The highest BCUT2D eigenvalue weighted by molar-refractivity contribution is 5.92. The van der Waals surface area contributed by atoms with E-state index in [1.54, 1.807) is 29.4 Å². The maximum atomic E-state index is 12.7. The molecular formula is C25H29F6N5O7. The van der Waals surface area contributed by atoms with Gasteiger partial charge < -0.3 is 29.7 Å². The van der Waals surface area contributed by atoms with Crippen molar-refractivity contribution in [3.8, 4) is 0 Å². The van der Waals surface area contributed by atoms with Gasteiger partial charge in [-0.2, -0.15) is 26.3 Å². The molecule has 1 fully saturated rings. The van der Waals surface area contributed by atoms with E-state index in [-0.39, 0.29) is 11.8 Å². The molecule has 1 atom stereocenters. The molecule has 0 radical (unpaired) electrons. The van der Waals surface area contributed by atoms with Crippen LogP contribution in [0.4, 0.5) is 26.3 Å². The second-order valence-corrected chi connectivity index (χ2v) is 9.76.